The highest BCUT2D eigenvalue weighted by molar-refractivity contribution is 7.12. The van der Waals surface area contributed by atoms with Gasteiger partial charge in [0.05, 0.1) is 10.7 Å². The Balaban J connectivity index is 2.57. The average molecular weight is 212 g/mol. The van der Waals surface area contributed by atoms with Crippen LogP contribution in [0.2, 0.25) is 0 Å². The van der Waals surface area contributed by atoms with Crippen molar-refractivity contribution in [2.45, 2.75) is 13.8 Å². The molecule has 1 N–H and O–H groups in total. The molecule has 0 aromatic carbocycles. The molecule has 2 heterocycles. The molecule has 0 spiro atoms. The maximum atomic E-state index is 10.9. The van der Waals surface area contributed by atoms with E-state index in [1.807, 2.05) is 19.2 Å². The van der Waals surface area contributed by atoms with Crippen LogP contribution in [-0.2, 0) is 0 Å². The van der Waals surface area contributed by atoms with E-state index in [0.717, 1.165) is 21.3 Å². The van der Waals surface area contributed by atoms with E-state index in [9.17, 15) is 4.79 Å². The molecule has 0 fully saturated rings. The lowest BCUT2D eigenvalue weighted by molar-refractivity contribution is 1.24. The molecule has 0 bridgehead atoms. The summed E-state index contributed by atoms with van der Waals surface area (Å²) < 4.78 is 0. The summed E-state index contributed by atoms with van der Waals surface area (Å²) in [5.74, 6) is 0. The van der Waals surface area contributed by atoms with Gasteiger partial charge in [-0.05, 0) is 13.8 Å². The quantitative estimate of drug-likeness (QED) is 0.787. The van der Waals surface area contributed by atoms with Gasteiger partial charge in [-0.25, -0.2) is 4.98 Å². The minimum Gasteiger partial charge on any atom is -0.311 e. The van der Waals surface area contributed by atoms with Gasteiger partial charge in [0, 0.05) is 10.3 Å². The molecule has 0 unspecified atom stereocenters. The maximum absolute atomic E-state index is 10.9. The third-order valence-electron chi connectivity index (χ3n) is 1.68. The molecule has 2 aromatic rings. The van der Waals surface area contributed by atoms with Gasteiger partial charge in [-0.15, -0.1) is 11.3 Å². The van der Waals surface area contributed by atoms with Crippen molar-refractivity contribution in [3.63, 3.8) is 0 Å². The normalized spacial score (nSPS) is 10.6. The lowest BCUT2D eigenvalue weighted by atomic mass is 10.3. The van der Waals surface area contributed by atoms with E-state index in [1.54, 1.807) is 11.3 Å². The molecular weight excluding hydrogens is 204 g/mol. The number of H-pyrrole nitrogens is 1. The molecule has 68 valence electrons. The van der Waals surface area contributed by atoms with Crippen molar-refractivity contribution in [2.75, 3.05) is 0 Å². The first-order valence-corrected chi connectivity index (χ1v) is 5.48. The Morgan fingerprint density at radius 3 is 2.69 bits per heavy atom. The van der Waals surface area contributed by atoms with Gasteiger partial charge in [0.25, 0.3) is 0 Å². The van der Waals surface area contributed by atoms with E-state index in [2.05, 4.69) is 9.97 Å². The van der Waals surface area contributed by atoms with Crippen molar-refractivity contribution in [3.8, 4) is 11.4 Å². The molecule has 0 aliphatic heterocycles. The molecule has 0 aliphatic carbocycles. The maximum Gasteiger partial charge on any atom is 0.304 e. The van der Waals surface area contributed by atoms with Gasteiger partial charge in [0.15, 0.2) is 0 Å². The zero-order valence-corrected chi connectivity index (χ0v) is 8.88. The number of aromatic nitrogens is 2. The molecule has 0 atom stereocenters. The third-order valence-corrected chi connectivity index (χ3v) is 3.24. The molecule has 0 saturated carbocycles. The Kier molecular flexibility index (Phi) is 2.05. The van der Waals surface area contributed by atoms with Gasteiger partial charge in [0.1, 0.15) is 5.69 Å². The van der Waals surface area contributed by atoms with Gasteiger partial charge in [-0.1, -0.05) is 11.3 Å². The smallest absolute Gasteiger partial charge is 0.304 e. The van der Waals surface area contributed by atoms with E-state index < -0.39 is 0 Å². The highest BCUT2D eigenvalue weighted by atomic mass is 32.1. The summed E-state index contributed by atoms with van der Waals surface area (Å²) in [7, 11) is 0. The van der Waals surface area contributed by atoms with Crippen LogP contribution in [0.1, 0.15) is 9.88 Å². The van der Waals surface area contributed by atoms with E-state index in [0.29, 0.717) is 0 Å². The Bertz CT molecular complexity index is 480. The van der Waals surface area contributed by atoms with Gasteiger partial charge < -0.3 is 4.98 Å². The number of rotatable bonds is 1. The number of hydrogen-bond acceptors (Lipinski definition) is 4. The van der Waals surface area contributed by atoms with E-state index in [1.165, 1.54) is 11.3 Å². The summed E-state index contributed by atoms with van der Waals surface area (Å²) in [6.45, 7) is 3.97. The minimum atomic E-state index is -0.0277. The number of nitrogens with one attached hydrogen (secondary N) is 1. The second-order valence-corrected chi connectivity index (χ2v) is 4.95. The monoisotopic (exact) mass is 212 g/mol. The fourth-order valence-corrected chi connectivity index (χ4v) is 2.57. The SMILES string of the molecule is Cc1nc(-c2csc(=O)[nH]2)c(C)s1. The molecule has 5 heteroatoms. The van der Waals surface area contributed by atoms with E-state index >= 15 is 0 Å². The summed E-state index contributed by atoms with van der Waals surface area (Å²) >= 11 is 2.82. The Morgan fingerprint density at radius 2 is 2.23 bits per heavy atom. The molecular formula is C8H8N2OS2. The standard InChI is InChI=1S/C8H8N2OS2/c1-4-7(9-5(2)13-4)6-3-12-8(11)10-6/h3H,1-2H3,(H,10,11). The van der Waals surface area contributed by atoms with Crippen molar-refractivity contribution in [1.82, 2.24) is 9.97 Å². The Morgan fingerprint density at radius 1 is 1.46 bits per heavy atom. The largest absolute Gasteiger partial charge is 0.311 e. The van der Waals surface area contributed by atoms with Crippen molar-refractivity contribution < 1.29 is 0 Å². The number of hydrogen-bond donors (Lipinski definition) is 1. The number of nitrogens with zero attached hydrogens (tertiary/aromatic N) is 1. The molecule has 0 amide bonds. The van der Waals surface area contributed by atoms with Gasteiger partial charge in [0.2, 0.25) is 0 Å². The van der Waals surface area contributed by atoms with E-state index in [-0.39, 0.29) is 4.87 Å². The van der Waals surface area contributed by atoms with Crippen LogP contribution in [0.15, 0.2) is 10.2 Å². The van der Waals surface area contributed by atoms with Gasteiger partial charge in [-0.3, -0.25) is 4.79 Å². The predicted molar refractivity (Wildman–Crippen MR) is 55.5 cm³/mol. The molecule has 0 saturated heterocycles. The van der Waals surface area contributed by atoms with Crippen molar-refractivity contribution in [3.05, 3.63) is 24.9 Å². The molecule has 3 nitrogen and oxygen atoms in total. The molecule has 13 heavy (non-hydrogen) atoms. The number of thiazole rings is 2. The van der Waals surface area contributed by atoms with Crippen LogP contribution >= 0.6 is 22.7 Å². The second-order valence-electron chi connectivity index (χ2n) is 2.70. The molecule has 2 aromatic heterocycles. The third kappa shape index (κ3) is 1.57. The van der Waals surface area contributed by atoms with Gasteiger partial charge >= 0.3 is 4.87 Å². The van der Waals surface area contributed by atoms with Crippen LogP contribution in [0.5, 0.6) is 0 Å². The Labute approximate surface area is 83.1 Å². The van der Waals surface area contributed by atoms with Gasteiger partial charge in [-0.2, -0.15) is 0 Å². The fraction of sp³-hybridized carbons (Fsp3) is 0.250. The summed E-state index contributed by atoms with van der Waals surface area (Å²) in [5, 5.41) is 2.84. The highest BCUT2D eigenvalue weighted by Crippen LogP contribution is 2.25. The highest BCUT2D eigenvalue weighted by Gasteiger charge is 2.08. The van der Waals surface area contributed by atoms with E-state index in [4.69, 9.17) is 0 Å². The van der Waals surface area contributed by atoms with Crippen LogP contribution in [0, 0.1) is 13.8 Å². The topological polar surface area (TPSA) is 45.8 Å². The molecule has 0 radical (unpaired) electrons. The summed E-state index contributed by atoms with van der Waals surface area (Å²) in [6, 6.07) is 0. The minimum absolute atomic E-state index is 0.0277. The lowest BCUT2D eigenvalue weighted by Gasteiger charge is -1.90. The second kappa shape index (κ2) is 3.08. The average Bonchev–Trinajstić information content (AvgIpc) is 2.58. The van der Waals surface area contributed by atoms with Crippen LogP contribution in [0.3, 0.4) is 0 Å². The molecule has 0 aliphatic rings. The summed E-state index contributed by atoms with van der Waals surface area (Å²) in [4.78, 5) is 19.1. The number of aryl methyl sites for hydroxylation is 2. The molecule has 2 rings (SSSR count). The first-order valence-electron chi connectivity index (χ1n) is 3.79. The van der Waals surface area contributed by atoms with Crippen molar-refractivity contribution >= 4 is 22.7 Å². The summed E-state index contributed by atoms with van der Waals surface area (Å²) in [6.07, 6.45) is 0. The fourth-order valence-electron chi connectivity index (χ4n) is 1.18. The first-order chi connectivity index (χ1) is 6.16. The lowest BCUT2D eigenvalue weighted by Crippen LogP contribution is -1.93. The first kappa shape index (κ1) is 8.65. The zero-order chi connectivity index (χ0) is 9.42. The zero-order valence-electron chi connectivity index (χ0n) is 7.25. The van der Waals surface area contributed by atoms with Crippen LogP contribution in [0.4, 0.5) is 0 Å². The van der Waals surface area contributed by atoms with Crippen molar-refractivity contribution in [1.29, 1.82) is 0 Å². The summed E-state index contributed by atoms with van der Waals surface area (Å²) in [5.41, 5.74) is 1.73. The Hall–Kier alpha value is -0.940. The van der Waals surface area contributed by atoms with Crippen molar-refractivity contribution in [2.24, 2.45) is 0 Å². The van der Waals surface area contributed by atoms with Crippen LogP contribution in [0.25, 0.3) is 11.4 Å². The predicted octanol–water partition coefficient (Wildman–Crippen LogP) is 2.18. The number of aromatic amines is 1. The van der Waals surface area contributed by atoms with Crippen LogP contribution < -0.4 is 4.87 Å². The van der Waals surface area contributed by atoms with Crippen LogP contribution in [-0.4, -0.2) is 9.97 Å².